The number of nitrogens with zero attached hydrogens (tertiary/aromatic N) is 1. The van der Waals surface area contributed by atoms with Crippen LogP contribution in [0.15, 0.2) is 30.3 Å². The molecule has 2 aliphatic rings. The number of alkyl halides is 2. The second kappa shape index (κ2) is 4.81. The van der Waals surface area contributed by atoms with E-state index < -0.39 is 17.8 Å². The Kier molecular flexibility index (Phi) is 3.24. The van der Waals surface area contributed by atoms with Crippen molar-refractivity contribution >= 4 is 5.97 Å². The van der Waals surface area contributed by atoms with Crippen molar-refractivity contribution in [3.05, 3.63) is 35.9 Å². The van der Waals surface area contributed by atoms with Crippen molar-refractivity contribution < 1.29 is 18.7 Å². The van der Waals surface area contributed by atoms with Gasteiger partial charge < -0.3 is 5.11 Å². The third-order valence-corrected chi connectivity index (χ3v) is 4.58. The maximum absolute atomic E-state index is 14.3. The first kappa shape index (κ1) is 13.5. The molecule has 0 radical (unpaired) electrons. The number of carbonyl (C=O) groups is 1. The first-order chi connectivity index (χ1) is 9.49. The average Bonchev–Trinajstić information content (AvgIpc) is 2.96. The molecule has 0 saturated carbocycles. The van der Waals surface area contributed by atoms with Crippen LogP contribution in [0.5, 0.6) is 0 Å². The zero-order valence-electron chi connectivity index (χ0n) is 11.0. The maximum atomic E-state index is 14.3. The largest absolute Gasteiger partial charge is 0.481 e. The zero-order valence-corrected chi connectivity index (χ0v) is 11.0. The van der Waals surface area contributed by atoms with Crippen molar-refractivity contribution in [2.24, 2.45) is 5.92 Å². The minimum absolute atomic E-state index is 0.00169. The molecular formula is C15H17F2NO2. The number of hydrogen-bond donors (Lipinski definition) is 1. The molecule has 2 fully saturated rings. The van der Waals surface area contributed by atoms with Crippen molar-refractivity contribution in [2.45, 2.75) is 37.3 Å². The van der Waals surface area contributed by atoms with E-state index in [1.54, 1.807) is 23.1 Å². The molecule has 108 valence electrons. The minimum Gasteiger partial charge on any atom is -0.481 e. The normalized spacial score (nSPS) is 29.8. The third kappa shape index (κ3) is 2.20. The lowest BCUT2D eigenvalue weighted by Crippen LogP contribution is -2.40. The molecule has 0 aromatic heterocycles. The van der Waals surface area contributed by atoms with Gasteiger partial charge in [-0.15, -0.1) is 0 Å². The van der Waals surface area contributed by atoms with Crippen LogP contribution in [0.1, 0.15) is 24.8 Å². The molecule has 3 nitrogen and oxygen atoms in total. The number of rotatable bonds is 4. The van der Waals surface area contributed by atoms with Crippen LogP contribution in [0.2, 0.25) is 0 Å². The van der Waals surface area contributed by atoms with Crippen LogP contribution in [-0.2, 0) is 10.7 Å². The summed E-state index contributed by atoms with van der Waals surface area (Å²) in [7, 11) is 0. The zero-order chi connectivity index (χ0) is 14.3. The molecule has 0 amide bonds. The number of hydrogen-bond acceptors (Lipinski definition) is 2. The highest BCUT2D eigenvalue weighted by atomic mass is 19.3. The van der Waals surface area contributed by atoms with Gasteiger partial charge in [-0.1, -0.05) is 30.3 Å². The predicted octanol–water partition coefficient (Wildman–Crippen LogP) is 2.72. The summed E-state index contributed by atoms with van der Waals surface area (Å²) in [5, 5.41) is 9.15. The first-order valence-electron chi connectivity index (χ1n) is 6.91. The van der Waals surface area contributed by atoms with Gasteiger partial charge in [-0.2, -0.15) is 8.78 Å². The van der Waals surface area contributed by atoms with Gasteiger partial charge in [0.25, 0.3) is 5.92 Å². The SMILES string of the molecule is O=C(O)C1CC2CCC1N2CC(F)(F)c1ccccc1. The van der Waals surface area contributed by atoms with Crippen LogP contribution >= 0.6 is 0 Å². The Morgan fingerprint density at radius 2 is 2.00 bits per heavy atom. The average molecular weight is 281 g/mol. The Hall–Kier alpha value is -1.49. The van der Waals surface area contributed by atoms with E-state index in [2.05, 4.69) is 0 Å². The Bertz CT molecular complexity index is 506. The first-order valence-corrected chi connectivity index (χ1v) is 6.91. The van der Waals surface area contributed by atoms with Crippen molar-refractivity contribution in [1.82, 2.24) is 4.90 Å². The number of fused-ring (bicyclic) bond motifs is 2. The highest BCUT2D eigenvalue weighted by molar-refractivity contribution is 5.71. The fourth-order valence-corrected chi connectivity index (χ4v) is 3.62. The fraction of sp³-hybridized carbons (Fsp3) is 0.533. The highest BCUT2D eigenvalue weighted by Crippen LogP contribution is 2.44. The smallest absolute Gasteiger partial charge is 0.308 e. The minimum atomic E-state index is -2.94. The summed E-state index contributed by atoms with van der Waals surface area (Å²) in [6.07, 6.45) is 2.05. The molecule has 5 heteroatoms. The lowest BCUT2D eigenvalue weighted by Gasteiger charge is -2.28. The molecule has 2 aliphatic heterocycles. The summed E-state index contributed by atoms with van der Waals surface area (Å²) in [4.78, 5) is 12.9. The van der Waals surface area contributed by atoms with Gasteiger partial charge in [0.2, 0.25) is 0 Å². The molecule has 1 N–H and O–H groups in total. The Labute approximate surface area is 116 Å². The van der Waals surface area contributed by atoms with Gasteiger partial charge >= 0.3 is 5.97 Å². The third-order valence-electron chi connectivity index (χ3n) is 4.58. The molecule has 3 atom stereocenters. The van der Waals surface area contributed by atoms with E-state index in [0.29, 0.717) is 12.8 Å². The summed E-state index contributed by atoms with van der Waals surface area (Å²) in [5.41, 5.74) is -0.00169. The van der Waals surface area contributed by atoms with Crippen molar-refractivity contribution in [3.8, 4) is 0 Å². The molecule has 2 bridgehead atoms. The second-order valence-corrected chi connectivity index (χ2v) is 5.72. The lowest BCUT2D eigenvalue weighted by atomic mass is 9.89. The maximum Gasteiger partial charge on any atom is 0.308 e. The number of benzene rings is 1. The number of carboxylic acids is 1. The molecule has 3 rings (SSSR count). The number of aliphatic carboxylic acids is 1. The Morgan fingerprint density at radius 3 is 2.60 bits per heavy atom. The van der Waals surface area contributed by atoms with Crippen molar-refractivity contribution in [3.63, 3.8) is 0 Å². The van der Waals surface area contributed by atoms with Crippen LogP contribution in [0, 0.1) is 5.92 Å². The predicted molar refractivity (Wildman–Crippen MR) is 69.6 cm³/mol. The molecular weight excluding hydrogens is 264 g/mol. The summed E-state index contributed by atoms with van der Waals surface area (Å²) >= 11 is 0. The van der Waals surface area contributed by atoms with Gasteiger partial charge in [0.15, 0.2) is 0 Å². The summed E-state index contributed by atoms with van der Waals surface area (Å²) in [5.74, 6) is -4.28. The monoisotopic (exact) mass is 281 g/mol. The molecule has 1 aromatic rings. The quantitative estimate of drug-likeness (QED) is 0.922. The van der Waals surface area contributed by atoms with E-state index in [9.17, 15) is 13.6 Å². The Morgan fingerprint density at radius 1 is 1.30 bits per heavy atom. The number of carboxylic acid groups (broad SMARTS) is 1. The highest BCUT2D eigenvalue weighted by Gasteiger charge is 2.52. The topological polar surface area (TPSA) is 40.5 Å². The second-order valence-electron chi connectivity index (χ2n) is 5.72. The van der Waals surface area contributed by atoms with Crippen LogP contribution in [0.25, 0.3) is 0 Å². The van der Waals surface area contributed by atoms with Gasteiger partial charge in [-0.05, 0) is 19.3 Å². The van der Waals surface area contributed by atoms with Crippen molar-refractivity contribution in [2.75, 3.05) is 6.54 Å². The molecule has 0 spiro atoms. The molecule has 20 heavy (non-hydrogen) atoms. The van der Waals surface area contributed by atoms with Gasteiger partial charge in [-0.25, -0.2) is 0 Å². The fourth-order valence-electron chi connectivity index (χ4n) is 3.62. The lowest BCUT2D eigenvalue weighted by molar-refractivity contribution is -0.143. The van der Waals surface area contributed by atoms with E-state index in [1.165, 1.54) is 12.1 Å². The van der Waals surface area contributed by atoms with Gasteiger partial charge in [0.1, 0.15) is 0 Å². The van der Waals surface area contributed by atoms with E-state index in [-0.39, 0.29) is 24.2 Å². The summed E-state index contributed by atoms with van der Waals surface area (Å²) in [6.45, 7) is -0.379. The van der Waals surface area contributed by atoms with E-state index in [4.69, 9.17) is 5.11 Å². The molecule has 0 aliphatic carbocycles. The molecule has 2 saturated heterocycles. The molecule has 1 aromatic carbocycles. The number of halogens is 2. The van der Waals surface area contributed by atoms with Crippen LogP contribution in [-0.4, -0.2) is 34.6 Å². The molecule has 2 heterocycles. The van der Waals surface area contributed by atoms with E-state index in [1.807, 2.05) is 0 Å². The van der Waals surface area contributed by atoms with Crippen LogP contribution in [0.3, 0.4) is 0 Å². The van der Waals surface area contributed by atoms with Crippen LogP contribution < -0.4 is 0 Å². The van der Waals surface area contributed by atoms with Gasteiger partial charge in [0, 0.05) is 17.6 Å². The molecule has 3 unspecified atom stereocenters. The van der Waals surface area contributed by atoms with E-state index in [0.717, 1.165) is 6.42 Å². The van der Waals surface area contributed by atoms with Crippen LogP contribution in [0.4, 0.5) is 8.78 Å². The summed E-state index contributed by atoms with van der Waals surface area (Å²) < 4.78 is 28.6. The summed E-state index contributed by atoms with van der Waals surface area (Å²) in [6, 6.07) is 7.52. The van der Waals surface area contributed by atoms with E-state index >= 15 is 0 Å². The Balaban J connectivity index is 1.77. The van der Waals surface area contributed by atoms with Gasteiger partial charge in [0.05, 0.1) is 12.5 Å². The standard InChI is InChI=1S/C15H17F2NO2/c16-15(17,10-4-2-1-3-5-10)9-18-11-6-7-13(18)12(8-11)14(19)20/h1-5,11-13H,6-9H2,(H,19,20). The van der Waals surface area contributed by atoms with Crippen molar-refractivity contribution in [1.29, 1.82) is 0 Å². The van der Waals surface area contributed by atoms with Gasteiger partial charge in [-0.3, -0.25) is 9.69 Å².